The lowest BCUT2D eigenvalue weighted by Crippen LogP contribution is -2.47. The fourth-order valence-electron chi connectivity index (χ4n) is 3.95. The summed E-state index contributed by atoms with van der Waals surface area (Å²) in [4.78, 5) is 27.1. The molecule has 3 aromatic heterocycles. The number of aromatic nitrogens is 6. The van der Waals surface area contributed by atoms with Crippen LogP contribution in [0.5, 0.6) is 0 Å². The number of nitrogens with zero attached hydrogens (tertiary/aromatic N) is 8. The molecule has 0 N–H and O–H groups in total. The molecule has 9 nitrogen and oxygen atoms in total. The minimum Gasteiger partial charge on any atom is -0.376 e. The molecule has 5 heterocycles. The van der Waals surface area contributed by atoms with Gasteiger partial charge >= 0.3 is 0 Å². The number of ether oxygens (including phenoxy) is 1. The number of anilines is 2. The zero-order valence-electron chi connectivity index (χ0n) is 16.0. The Morgan fingerprint density at radius 2 is 1.93 bits per heavy atom. The van der Waals surface area contributed by atoms with Gasteiger partial charge in [0.15, 0.2) is 17.0 Å². The third kappa shape index (κ3) is 3.26. The Labute approximate surface area is 163 Å². The van der Waals surface area contributed by atoms with Crippen LogP contribution in [-0.4, -0.2) is 68.4 Å². The van der Waals surface area contributed by atoms with Gasteiger partial charge < -0.3 is 19.1 Å². The van der Waals surface area contributed by atoms with Crippen molar-refractivity contribution in [2.45, 2.75) is 32.4 Å². The molecule has 9 heteroatoms. The van der Waals surface area contributed by atoms with Gasteiger partial charge in [0.2, 0.25) is 5.95 Å². The summed E-state index contributed by atoms with van der Waals surface area (Å²) in [5, 5.41) is 0. The smallest absolute Gasteiger partial charge is 0.225 e. The van der Waals surface area contributed by atoms with E-state index in [0.717, 1.165) is 80.8 Å². The summed E-state index contributed by atoms with van der Waals surface area (Å²) in [6.45, 7) is 7.05. The molecular weight excluding hydrogens is 356 g/mol. The van der Waals surface area contributed by atoms with Crippen molar-refractivity contribution in [3.63, 3.8) is 0 Å². The lowest BCUT2D eigenvalue weighted by atomic mass is 10.2. The van der Waals surface area contributed by atoms with E-state index in [2.05, 4.69) is 39.3 Å². The molecule has 146 valence electrons. The lowest BCUT2D eigenvalue weighted by Gasteiger charge is -2.35. The highest BCUT2D eigenvalue weighted by molar-refractivity contribution is 5.83. The van der Waals surface area contributed by atoms with Gasteiger partial charge in [0.1, 0.15) is 6.33 Å². The first-order valence-corrected chi connectivity index (χ1v) is 9.85. The van der Waals surface area contributed by atoms with Crippen LogP contribution in [0.1, 0.15) is 18.5 Å². The third-order valence-electron chi connectivity index (χ3n) is 5.45. The van der Waals surface area contributed by atoms with E-state index in [1.165, 1.54) is 0 Å². The molecule has 0 spiro atoms. The molecule has 2 aliphatic heterocycles. The van der Waals surface area contributed by atoms with Crippen LogP contribution in [0.2, 0.25) is 0 Å². The number of piperazine rings is 1. The van der Waals surface area contributed by atoms with Crippen molar-refractivity contribution in [3.8, 4) is 0 Å². The van der Waals surface area contributed by atoms with Gasteiger partial charge in [-0.25, -0.2) is 24.9 Å². The second-order valence-electron chi connectivity index (χ2n) is 7.37. The average molecular weight is 380 g/mol. The van der Waals surface area contributed by atoms with Crippen molar-refractivity contribution in [2.24, 2.45) is 0 Å². The number of hydrogen-bond acceptors (Lipinski definition) is 8. The first kappa shape index (κ1) is 17.3. The summed E-state index contributed by atoms with van der Waals surface area (Å²) in [6.07, 6.45) is 7.81. The van der Waals surface area contributed by atoms with E-state index in [4.69, 9.17) is 4.74 Å². The van der Waals surface area contributed by atoms with Crippen LogP contribution in [0.4, 0.5) is 11.8 Å². The van der Waals surface area contributed by atoms with Gasteiger partial charge in [0.25, 0.3) is 0 Å². The van der Waals surface area contributed by atoms with Crippen LogP contribution >= 0.6 is 0 Å². The molecule has 2 saturated heterocycles. The molecule has 28 heavy (non-hydrogen) atoms. The van der Waals surface area contributed by atoms with Crippen LogP contribution < -0.4 is 9.80 Å². The Hall–Kier alpha value is -2.81. The summed E-state index contributed by atoms with van der Waals surface area (Å²) in [5.74, 6) is 1.70. The summed E-state index contributed by atoms with van der Waals surface area (Å²) < 4.78 is 7.85. The number of rotatable bonds is 4. The van der Waals surface area contributed by atoms with Gasteiger partial charge in [0.05, 0.1) is 19.0 Å². The zero-order valence-corrected chi connectivity index (χ0v) is 16.0. The molecule has 0 aromatic carbocycles. The van der Waals surface area contributed by atoms with E-state index in [1.807, 2.05) is 25.5 Å². The molecule has 2 aliphatic rings. The SMILES string of the molecule is Cc1ccnc(N2CCN(c3ncnc4c3ncn4CC3CCCO3)CC2)n1. The minimum atomic E-state index is 0.258. The third-order valence-corrected chi connectivity index (χ3v) is 5.45. The molecular formula is C19H24N8O. The van der Waals surface area contributed by atoms with Crippen LogP contribution in [0.15, 0.2) is 24.9 Å². The number of imidazole rings is 1. The molecule has 0 radical (unpaired) electrons. The predicted octanol–water partition coefficient (Wildman–Crippen LogP) is 1.43. The van der Waals surface area contributed by atoms with E-state index in [9.17, 15) is 0 Å². The highest BCUT2D eigenvalue weighted by atomic mass is 16.5. The van der Waals surface area contributed by atoms with Gasteiger partial charge in [-0.1, -0.05) is 0 Å². The van der Waals surface area contributed by atoms with Crippen LogP contribution in [0.3, 0.4) is 0 Å². The Bertz CT molecular complexity index is 959. The highest BCUT2D eigenvalue weighted by Gasteiger charge is 2.24. The molecule has 1 atom stereocenters. The minimum absolute atomic E-state index is 0.258. The average Bonchev–Trinajstić information content (AvgIpc) is 3.39. The van der Waals surface area contributed by atoms with Gasteiger partial charge in [-0.2, -0.15) is 0 Å². The molecule has 3 aromatic rings. The van der Waals surface area contributed by atoms with Gasteiger partial charge in [-0.15, -0.1) is 0 Å². The fourth-order valence-corrected chi connectivity index (χ4v) is 3.95. The quantitative estimate of drug-likeness (QED) is 0.672. The second kappa shape index (κ2) is 7.31. The predicted molar refractivity (Wildman–Crippen MR) is 105 cm³/mol. The number of fused-ring (bicyclic) bond motifs is 1. The van der Waals surface area contributed by atoms with Crippen LogP contribution in [0, 0.1) is 6.92 Å². The Morgan fingerprint density at radius 3 is 2.71 bits per heavy atom. The van der Waals surface area contributed by atoms with E-state index >= 15 is 0 Å². The number of hydrogen-bond donors (Lipinski definition) is 0. The monoisotopic (exact) mass is 380 g/mol. The van der Waals surface area contributed by atoms with Gasteiger partial charge in [-0.3, -0.25) is 0 Å². The van der Waals surface area contributed by atoms with Gasteiger partial charge in [0, 0.05) is 44.7 Å². The molecule has 0 amide bonds. The van der Waals surface area contributed by atoms with Crippen LogP contribution in [0.25, 0.3) is 11.2 Å². The first-order chi connectivity index (χ1) is 13.8. The largest absolute Gasteiger partial charge is 0.376 e. The maximum Gasteiger partial charge on any atom is 0.225 e. The van der Waals surface area contributed by atoms with Crippen molar-refractivity contribution in [1.29, 1.82) is 0 Å². The Morgan fingerprint density at radius 1 is 1.07 bits per heavy atom. The summed E-state index contributed by atoms with van der Waals surface area (Å²) in [7, 11) is 0. The van der Waals surface area contributed by atoms with Crippen LogP contribution in [-0.2, 0) is 11.3 Å². The molecule has 0 saturated carbocycles. The van der Waals surface area contributed by atoms with Crippen molar-refractivity contribution < 1.29 is 4.74 Å². The van der Waals surface area contributed by atoms with E-state index in [-0.39, 0.29) is 6.10 Å². The van der Waals surface area contributed by atoms with E-state index < -0.39 is 0 Å². The van der Waals surface area contributed by atoms with Crippen molar-refractivity contribution >= 4 is 22.9 Å². The lowest BCUT2D eigenvalue weighted by molar-refractivity contribution is 0.0978. The second-order valence-corrected chi connectivity index (χ2v) is 7.37. The standard InChI is InChI=1S/C19H24N8O/c1-14-4-5-20-19(24-14)26-8-6-25(7-9-26)17-16-18(22-12-21-17)27(13-23-16)11-15-3-2-10-28-15/h4-5,12-13,15H,2-3,6-11H2,1H3. The van der Waals surface area contributed by atoms with Crippen molar-refractivity contribution in [3.05, 3.63) is 30.6 Å². The maximum atomic E-state index is 5.76. The summed E-state index contributed by atoms with van der Waals surface area (Å²) >= 11 is 0. The maximum absolute atomic E-state index is 5.76. The Balaban J connectivity index is 1.33. The normalized spacial score (nSPS) is 20.2. The topological polar surface area (TPSA) is 85.1 Å². The summed E-state index contributed by atoms with van der Waals surface area (Å²) in [5.41, 5.74) is 2.73. The van der Waals surface area contributed by atoms with E-state index in [0.29, 0.717) is 0 Å². The highest BCUT2D eigenvalue weighted by Crippen LogP contribution is 2.24. The molecule has 0 aliphatic carbocycles. The Kier molecular flexibility index (Phi) is 4.52. The number of aryl methyl sites for hydroxylation is 1. The van der Waals surface area contributed by atoms with Crippen molar-refractivity contribution in [1.82, 2.24) is 29.5 Å². The van der Waals surface area contributed by atoms with Gasteiger partial charge in [-0.05, 0) is 25.8 Å². The zero-order chi connectivity index (χ0) is 18.9. The molecule has 1 unspecified atom stereocenters. The molecule has 2 fully saturated rings. The van der Waals surface area contributed by atoms with Crippen molar-refractivity contribution in [2.75, 3.05) is 42.6 Å². The first-order valence-electron chi connectivity index (χ1n) is 9.85. The molecule has 5 rings (SSSR count). The van der Waals surface area contributed by atoms with E-state index in [1.54, 1.807) is 6.33 Å². The fraction of sp³-hybridized carbons (Fsp3) is 0.526. The molecule has 0 bridgehead atoms. The summed E-state index contributed by atoms with van der Waals surface area (Å²) in [6, 6.07) is 1.92.